The molecule has 0 aliphatic rings. The van der Waals surface area contributed by atoms with E-state index >= 15 is 0 Å². The molecule has 2 aromatic rings. The van der Waals surface area contributed by atoms with Crippen LogP contribution in [0, 0.1) is 17.2 Å². The minimum atomic E-state index is -0.857. The van der Waals surface area contributed by atoms with Gasteiger partial charge in [-0.1, -0.05) is 31.7 Å². The molecule has 0 saturated heterocycles. The highest BCUT2D eigenvalue weighted by molar-refractivity contribution is 7.99. The molecule has 1 atom stereocenters. The van der Waals surface area contributed by atoms with Gasteiger partial charge in [-0.2, -0.15) is 5.26 Å². The summed E-state index contributed by atoms with van der Waals surface area (Å²) in [6, 6.07) is 7.77. The van der Waals surface area contributed by atoms with Crippen molar-refractivity contribution in [2.24, 2.45) is 5.92 Å². The maximum atomic E-state index is 12.0. The van der Waals surface area contributed by atoms with E-state index in [4.69, 9.17) is 0 Å². The maximum Gasteiger partial charge on any atom is 0.231 e. The molecule has 0 bridgehead atoms. The van der Waals surface area contributed by atoms with Crippen LogP contribution < -0.4 is 5.32 Å². The normalized spacial score (nSPS) is 13.9. The first-order valence-electron chi connectivity index (χ1n) is 6.61. The van der Waals surface area contributed by atoms with Crippen LogP contribution in [-0.4, -0.2) is 31.8 Å². The number of aromatic nitrogens is 3. The van der Waals surface area contributed by atoms with E-state index in [1.165, 1.54) is 11.8 Å². The Bertz CT molecular complexity index is 690. The van der Waals surface area contributed by atoms with Gasteiger partial charge in [0.1, 0.15) is 5.54 Å². The Morgan fingerprint density at radius 3 is 2.95 bits per heavy atom. The lowest BCUT2D eigenvalue weighted by Gasteiger charge is -2.27. The smallest absolute Gasteiger partial charge is 0.231 e. The minimum absolute atomic E-state index is 0.0328. The number of amides is 1. The van der Waals surface area contributed by atoms with Crippen LogP contribution in [0.4, 0.5) is 0 Å². The lowest BCUT2D eigenvalue weighted by atomic mass is 9.90. The third-order valence-electron chi connectivity index (χ3n) is 3.40. The first-order chi connectivity index (χ1) is 9.96. The summed E-state index contributed by atoms with van der Waals surface area (Å²) in [7, 11) is 0. The van der Waals surface area contributed by atoms with E-state index in [0.29, 0.717) is 5.16 Å². The van der Waals surface area contributed by atoms with Crippen LogP contribution in [0.15, 0.2) is 29.6 Å². The SMILES string of the molecule is CC(C)[C@@](C)(C#N)NC(=O)CSc1nnc2ccccn12. The van der Waals surface area contributed by atoms with Gasteiger partial charge >= 0.3 is 0 Å². The number of nitriles is 1. The number of rotatable bonds is 5. The molecule has 7 heteroatoms. The second kappa shape index (κ2) is 6.14. The molecule has 2 rings (SSSR count). The average molecular weight is 303 g/mol. The van der Waals surface area contributed by atoms with Gasteiger partial charge in [-0.15, -0.1) is 10.2 Å². The fraction of sp³-hybridized carbons (Fsp3) is 0.429. The van der Waals surface area contributed by atoms with E-state index in [9.17, 15) is 10.1 Å². The van der Waals surface area contributed by atoms with Crippen LogP contribution in [0.5, 0.6) is 0 Å². The van der Waals surface area contributed by atoms with Gasteiger partial charge in [0.05, 0.1) is 11.8 Å². The summed E-state index contributed by atoms with van der Waals surface area (Å²) < 4.78 is 1.82. The summed E-state index contributed by atoms with van der Waals surface area (Å²) in [6.45, 7) is 5.54. The highest BCUT2D eigenvalue weighted by Gasteiger charge is 2.29. The van der Waals surface area contributed by atoms with Crippen molar-refractivity contribution < 1.29 is 4.79 Å². The van der Waals surface area contributed by atoms with Crippen molar-refractivity contribution >= 4 is 23.3 Å². The highest BCUT2D eigenvalue weighted by atomic mass is 32.2. The van der Waals surface area contributed by atoms with Crippen LogP contribution in [0.2, 0.25) is 0 Å². The topological polar surface area (TPSA) is 83.1 Å². The number of fused-ring (bicyclic) bond motifs is 1. The summed E-state index contributed by atoms with van der Waals surface area (Å²) in [5.74, 6) is 0.0375. The zero-order valence-corrected chi connectivity index (χ0v) is 13.0. The fourth-order valence-electron chi connectivity index (χ4n) is 1.68. The Morgan fingerprint density at radius 1 is 1.52 bits per heavy atom. The van der Waals surface area contributed by atoms with Crippen molar-refractivity contribution in [3.05, 3.63) is 24.4 Å². The van der Waals surface area contributed by atoms with Crippen LogP contribution >= 0.6 is 11.8 Å². The molecule has 0 unspecified atom stereocenters. The Balaban J connectivity index is 2.00. The lowest BCUT2D eigenvalue weighted by molar-refractivity contribution is -0.120. The molecule has 0 aromatic carbocycles. The van der Waals surface area contributed by atoms with Crippen molar-refractivity contribution in [3.63, 3.8) is 0 Å². The van der Waals surface area contributed by atoms with Gasteiger partial charge in [-0.25, -0.2) is 0 Å². The second-order valence-corrected chi connectivity index (χ2v) is 6.16. The van der Waals surface area contributed by atoms with Crippen LogP contribution in [0.25, 0.3) is 5.65 Å². The fourth-order valence-corrected chi connectivity index (χ4v) is 2.40. The maximum absolute atomic E-state index is 12.0. The number of hydrogen-bond donors (Lipinski definition) is 1. The van der Waals surface area contributed by atoms with E-state index in [-0.39, 0.29) is 17.6 Å². The van der Waals surface area contributed by atoms with Crippen LogP contribution in [0.3, 0.4) is 0 Å². The lowest BCUT2D eigenvalue weighted by Crippen LogP contribution is -2.49. The van der Waals surface area contributed by atoms with Gasteiger partial charge in [0.25, 0.3) is 0 Å². The van der Waals surface area contributed by atoms with Crippen LogP contribution in [0.1, 0.15) is 20.8 Å². The Morgan fingerprint density at radius 2 is 2.29 bits per heavy atom. The first-order valence-corrected chi connectivity index (χ1v) is 7.59. The quantitative estimate of drug-likeness (QED) is 0.853. The Kier molecular flexibility index (Phi) is 4.48. The molecule has 1 amide bonds. The molecule has 0 fully saturated rings. The molecule has 0 radical (unpaired) electrons. The van der Waals surface area contributed by atoms with Crippen molar-refractivity contribution in [2.75, 3.05) is 5.75 Å². The number of nitrogens with one attached hydrogen (secondary N) is 1. The number of carbonyl (C=O) groups excluding carboxylic acids is 1. The first kappa shape index (κ1) is 15.3. The van der Waals surface area contributed by atoms with Crippen molar-refractivity contribution in [1.29, 1.82) is 5.26 Å². The van der Waals surface area contributed by atoms with E-state index in [1.807, 2.05) is 42.6 Å². The zero-order chi connectivity index (χ0) is 15.5. The van der Waals surface area contributed by atoms with Gasteiger partial charge < -0.3 is 5.32 Å². The Hall–Kier alpha value is -2.07. The predicted molar refractivity (Wildman–Crippen MR) is 80.7 cm³/mol. The number of hydrogen-bond acceptors (Lipinski definition) is 5. The minimum Gasteiger partial charge on any atom is -0.337 e. The molecular weight excluding hydrogens is 286 g/mol. The summed E-state index contributed by atoms with van der Waals surface area (Å²) in [5.41, 5.74) is -0.116. The molecule has 0 saturated carbocycles. The van der Waals surface area contributed by atoms with Gasteiger partial charge in [0.15, 0.2) is 10.8 Å². The molecule has 1 N–H and O–H groups in total. The number of pyridine rings is 1. The van der Waals surface area contributed by atoms with Gasteiger partial charge in [0, 0.05) is 6.20 Å². The number of thioether (sulfide) groups is 1. The van der Waals surface area contributed by atoms with Gasteiger partial charge in [0.2, 0.25) is 5.91 Å². The number of nitrogens with zero attached hydrogens (tertiary/aromatic N) is 4. The largest absolute Gasteiger partial charge is 0.337 e. The van der Waals surface area contributed by atoms with E-state index < -0.39 is 5.54 Å². The van der Waals surface area contributed by atoms with E-state index in [0.717, 1.165) is 5.65 Å². The third kappa shape index (κ3) is 3.34. The molecule has 2 aromatic heterocycles. The van der Waals surface area contributed by atoms with E-state index in [1.54, 1.807) is 6.92 Å². The molecular formula is C14H17N5OS. The highest BCUT2D eigenvalue weighted by Crippen LogP contribution is 2.18. The second-order valence-electron chi connectivity index (χ2n) is 5.22. The standard InChI is InChI=1S/C14H17N5OS/c1-10(2)14(3,9-15)16-12(20)8-21-13-18-17-11-6-4-5-7-19(11)13/h4-7,10H,8H2,1-3H3,(H,16,20)/t14-/m1/s1. The molecule has 6 nitrogen and oxygen atoms in total. The van der Waals surface area contributed by atoms with Crippen molar-refractivity contribution in [2.45, 2.75) is 31.5 Å². The Labute approximate surface area is 127 Å². The van der Waals surface area contributed by atoms with E-state index in [2.05, 4.69) is 21.6 Å². The monoisotopic (exact) mass is 303 g/mol. The summed E-state index contributed by atoms with van der Waals surface area (Å²) in [4.78, 5) is 12.0. The molecule has 0 spiro atoms. The van der Waals surface area contributed by atoms with Crippen LogP contribution in [-0.2, 0) is 4.79 Å². The average Bonchev–Trinajstić information content (AvgIpc) is 2.88. The predicted octanol–water partition coefficient (Wildman–Crippen LogP) is 1.88. The molecule has 0 aliphatic carbocycles. The third-order valence-corrected chi connectivity index (χ3v) is 4.34. The molecule has 2 heterocycles. The molecule has 110 valence electrons. The number of carbonyl (C=O) groups is 1. The molecule has 21 heavy (non-hydrogen) atoms. The van der Waals surface area contributed by atoms with Gasteiger partial charge in [-0.3, -0.25) is 9.20 Å². The summed E-state index contributed by atoms with van der Waals surface area (Å²) in [5, 5.41) is 20.7. The molecule has 0 aliphatic heterocycles. The summed E-state index contributed by atoms with van der Waals surface area (Å²) in [6.07, 6.45) is 1.85. The van der Waals surface area contributed by atoms with Crippen molar-refractivity contribution in [3.8, 4) is 6.07 Å². The van der Waals surface area contributed by atoms with Gasteiger partial charge in [-0.05, 0) is 25.0 Å². The zero-order valence-electron chi connectivity index (χ0n) is 12.2. The summed E-state index contributed by atoms with van der Waals surface area (Å²) >= 11 is 1.30. The van der Waals surface area contributed by atoms with Crippen molar-refractivity contribution in [1.82, 2.24) is 19.9 Å².